The second kappa shape index (κ2) is 4.37. The van der Waals surface area contributed by atoms with Crippen LogP contribution in [0, 0.1) is 10.1 Å². The van der Waals surface area contributed by atoms with Gasteiger partial charge in [-0.3, -0.25) is 10.1 Å². The van der Waals surface area contributed by atoms with Crippen molar-refractivity contribution in [3.63, 3.8) is 0 Å². The van der Waals surface area contributed by atoms with Gasteiger partial charge in [-0.15, -0.1) is 11.3 Å². The molecule has 0 radical (unpaired) electrons. The fourth-order valence-corrected chi connectivity index (χ4v) is 1.73. The lowest BCUT2D eigenvalue weighted by molar-refractivity contribution is -0.384. The van der Waals surface area contributed by atoms with Gasteiger partial charge in [-0.25, -0.2) is 15.0 Å². The molecule has 2 rings (SSSR count). The second-order valence-electron chi connectivity index (χ2n) is 2.58. The van der Waals surface area contributed by atoms with E-state index >= 15 is 0 Å². The van der Waals surface area contributed by atoms with Crippen molar-refractivity contribution in [1.82, 2.24) is 15.0 Å². The van der Waals surface area contributed by atoms with Crippen molar-refractivity contribution < 1.29 is 4.92 Å². The molecular formula is C7H4ClN5O2S. The van der Waals surface area contributed by atoms with Gasteiger partial charge >= 0.3 is 5.69 Å². The number of halogens is 1. The molecule has 9 heteroatoms. The zero-order valence-electron chi connectivity index (χ0n) is 7.62. The predicted octanol–water partition coefficient (Wildman–Crippen LogP) is 2.24. The predicted molar refractivity (Wildman–Crippen MR) is 59.1 cm³/mol. The normalized spacial score (nSPS) is 10.1. The molecule has 0 atom stereocenters. The molecule has 16 heavy (non-hydrogen) atoms. The van der Waals surface area contributed by atoms with Gasteiger partial charge in [0.05, 0.1) is 4.92 Å². The van der Waals surface area contributed by atoms with E-state index in [4.69, 9.17) is 11.6 Å². The fraction of sp³-hybridized carbons (Fsp3) is 0. The van der Waals surface area contributed by atoms with Crippen molar-refractivity contribution >= 4 is 39.6 Å². The van der Waals surface area contributed by atoms with Crippen LogP contribution >= 0.6 is 22.9 Å². The van der Waals surface area contributed by atoms with Gasteiger partial charge in [0.2, 0.25) is 11.0 Å². The maximum atomic E-state index is 10.8. The summed E-state index contributed by atoms with van der Waals surface area (Å²) in [6.45, 7) is 0. The molecule has 0 spiro atoms. The SMILES string of the molecule is O=[N+]([O-])c1c(Cl)ncnc1Nc1nccs1. The summed E-state index contributed by atoms with van der Waals surface area (Å²) >= 11 is 6.91. The van der Waals surface area contributed by atoms with Gasteiger partial charge in [0.25, 0.3) is 0 Å². The third-order valence-electron chi connectivity index (χ3n) is 1.62. The van der Waals surface area contributed by atoms with Crippen LogP contribution in [0.25, 0.3) is 0 Å². The molecule has 0 bridgehead atoms. The van der Waals surface area contributed by atoms with E-state index in [-0.39, 0.29) is 16.7 Å². The molecule has 0 amide bonds. The van der Waals surface area contributed by atoms with Gasteiger partial charge in [0, 0.05) is 11.6 Å². The quantitative estimate of drug-likeness (QED) is 0.515. The second-order valence-corrected chi connectivity index (χ2v) is 3.83. The van der Waals surface area contributed by atoms with Crippen LogP contribution in [0.4, 0.5) is 16.6 Å². The molecule has 0 unspecified atom stereocenters. The highest BCUT2D eigenvalue weighted by Gasteiger charge is 2.21. The summed E-state index contributed by atoms with van der Waals surface area (Å²) < 4.78 is 0. The monoisotopic (exact) mass is 257 g/mol. The maximum Gasteiger partial charge on any atom is 0.348 e. The molecule has 0 fully saturated rings. The van der Waals surface area contributed by atoms with Crippen LogP contribution in [0.3, 0.4) is 0 Å². The summed E-state index contributed by atoms with van der Waals surface area (Å²) in [4.78, 5) is 21.3. The molecular weight excluding hydrogens is 254 g/mol. The van der Waals surface area contributed by atoms with Crippen molar-refractivity contribution in [2.75, 3.05) is 5.32 Å². The minimum atomic E-state index is -0.641. The molecule has 1 N–H and O–H groups in total. The van der Waals surface area contributed by atoms with Gasteiger partial charge < -0.3 is 5.32 Å². The highest BCUT2D eigenvalue weighted by Crippen LogP contribution is 2.30. The number of rotatable bonds is 3. The number of nitrogens with zero attached hydrogens (tertiary/aromatic N) is 4. The number of anilines is 2. The van der Waals surface area contributed by atoms with Crippen molar-refractivity contribution in [3.05, 3.63) is 33.2 Å². The number of aromatic nitrogens is 3. The maximum absolute atomic E-state index is 10.8. The molecule has 2 aromatic rings. The Morgan fingerprint density at radius 2 is 2.25 bits per heavy atom. The Hall–Kier alpha value is -1.80. The summed E-state index contributed by atoms with van der Waals surface area (Å²) in [7, 11) is 0. The smallest absolute Gasteiger partial charge is 0.310 e. The van der Waals surface area contributed by atoms with Gasteiger partial charge in [-0.2, -0.15) is 0 Å². The van der Waals surface area contributed by atoms with Crippen molar-refractivity contribution in [2.45, 2.75) is 0 Å². The standard InChI is InChI=1S/C7H4ClN5O2S/c8-5-4(13(14)15)6(11-3-10-5)12-7-9-1-2-16-7/h1-3H,(H,9,10,11,12). The van der Waals surface area contributed by atoms with E-state index in [1.165, 1.54) is 11.3 Å². The lowest BCUT2D eigenvalue weighted by Gasteiger charge is -2.02. The average molecular weight is 258 g/mol. The third kappa shape index (κ3) is 2.07. The number of nitro groups is 1. The van der Waals surface area contributed by atoms with E-state index in [1.54, 1.807) is 11.6 Å². The molecule has 0 aliphatic rings. The number of nitrogens with one attached hydrogen (secondary N) is 1. The highest BCUT2D eigenvalue weighted by molar-refractivity contribution is 7.13. The molecule has 7 nitrogen and oxygen atoms in total. The molecule has 2 heterocycles. The zero-order chi connectivity index (χ0) is 11.5. The first-order chi connectivity index (χ1) is 7.68. The Balaban J connectivity index is 2.40. The minimum Gasteiger partial charge on any atom is -0.310 e. The van der Waals surface area contributed by atoms with Crippen LogP contribution in [-0.2, 0) is 0 Å². The number of hydrogen-bond acceptors (Lipinski definition) is 7. The average Bonchev–Trinajstić information content (AvgIpc) is 2.70. The Labute approximate surface area is 98.3 Å². The molecule has 0 saturated heterocycles. The van der Waals surface area contributed by atoms with Gasteiger partial charge in [-0.05, 0) is 0 Å². The molecule has 0 aliphatic heterocycles. The third-order valence-corrected chi connectivity index (χ3v) is 2.58. The van der Waals surface area contributed by atoms with Crippen LogP contribution in [0.15, 0.2) is 17.9 Å². The van der Waals surface area contributed by atoms with Gasteiger partial charge in [-0.1, -0.05) is 11.6 Å². The van der Waals surface area contributed by atoms with Crippen LogP contribution < -0.4 is 5.32 Å². The first-order valence-electron chi connectivity index (χ1n) is 4.00. The summed E-state index contributed by atoms with van der Waals surface area (Å²) in [6.07, 6.45) is 2.72. The molecule has 82 valence electrons. The Morgan fingerprint density at radius 1 is 1.44 bits per heavy atom. The van der Waals surface area contributed by atoms with Crippen LogP contribution in [0.2, 0.25) is 5.15 Å². The van der Waals surface area contributed by atoms with Gasteiger partial charge in [0.15, 0.2) is 5.13 Å². The number of hydrogen-bond donors (Lipinski definition) is 1. The highest BCUT2D eigenvalue weighted by atomic mass is 35.5. The van der Waals surface area contributed by atoms with Gasteiger partial charge in [0.1, 0.15) is 6.33 Å². The van der Waals surface area contributed by atoms with E-state index in [1.807, 2.05) is 0 Å². The lowest BCUT2D eigenvalue weighted by Crippen LogP contribution is -2.01. The molecule has 0 saturated carbocycles. The van der Waals surface area contributed by atoms with Crippen molar-refractivity contribution in [3.8, 4) is 0 Å². The van der Waals surface area contributed by atoms with E-state index in [0.717, 1.165) is 6.33 Å². The van der Waals surface area contributed by atoms with E-state index in [2.05, 4.69) is 20.3 Å². The summed E-state index contributed by atoms with van der Waals surface area (Å²) in [6, 6.07) is 0. The minimum absolute atomic E-state index is 0.0277. The summed E-state index contributed by atoms with van der Waals surface area (Å²) in [5.74, 6) is 0.0277. The lowest BCUT2D eigenvalue weighted by atomic mass is 10.5. The molecule has 0 aliphatic carbocycles. The summed E-state index contributed by atoms with van der Waals surface area (Å²) in [5.41, 5.74) is -0.362. The van der Waals surface area contributed by atoms with Crippen LogP contribution in [-0.4, -0.2) is 19.9 Å². The molecule has 2 aromatic heterocycles. The van der Waals surface area contributed by atoms with Crippen molar-refractivity contribution in [2.24, 2.45) is 0 Å². The first-order valence-corrected chi connectivity index (χ1v) is 5.25. The number of thiazole rings is 1. The van der Waals surface area contributed by atoms with Crippen LogP contribution in [0.1, 0.15) is 0 Å². The van der Waals surface area contributed by atoms with Crippen LogP contribution in [0.5, 0.6) is 0 Å². The zero-order valence-corrected chi connectivity index (χ0v) is 9.20. The van der Waals surface area contributed by atoms with E-state index < -0.39 is 4.92 Å². The topological polar surface area (TPSA) is 93.8 Å². The van der Waals surface area contributed by atoms with E-state index in [0.29, 0.717) is 5.13 Å². The fourth-order valence-electron chi connectivity index (χ4n) is 0.997. The first kappa shape index (κ1) is 10.7. The Kier molecular flexibility index (Phi) is 2.93. The molecule has 0 aromatic carbocycles. The van der Waals surface area contributed by atoms with E-state index in [9.17, 15) is 10.1 Å². The Bertz CT molecular complexity index is 518. The Morgan fingerprint density at radius 3 is 2.88 bits per heavy atom. The largest absolute Gasteiger partial charge is 0.348 e. The van der Waals surface area contributed by atoms with Crippen molar-refractivity contribution in [1.29, 1.82) is 0 Å². The summed E-state index contributed by atoms with van der Waals surface area (Å²) in [5, 5.41) is 15.5.